The van der Waals surface area contributed by atoms with Gasteiger partial charge in [-0.25, -0.2) is 0 Å². The van der Waals surface area contributed by atoms with E-state index >= 15 is 0 Å². The van der Waals surface area contributed by atoms with Crippen molar-refractivity contribution in [2.75, 3.05) is 0 Å². The van der Waals surface area contributed by atoms with Crippen LogP contribution in [0.1, 0.15) is 48.8 Å². The molecule has 0 radical (unpaired) electrons. The number of Topliss-reactive ketones (excluding diaryl/α,β-unsaturated/α-hetero) is 1. The molecule has 3 heteroatoms. The van der Waals surface area contributed by atoms with Gasteiger partial charge in [0.25, 0.3) is 0 Å². The maximum absolute atomic E-state index is 11.5. The molecule has 0 spiro atoms. The van der Waals surface area contributed by atoms with E-state index in [9.17, 15) is 4.79 Å². The molecule has 1 aliphatic rings. The molecule has 3 nitrogen and oxygen atoms in total. The van der Waals surface area contributed by atoms with E-state index in [2.05, 4.69) is 18.9 Å². The second-order valence-electron chi connectivity index (χ2n) is 3.82. The van der Waals surface area contributed by atoms with E-state index in [-0.39, 0.29) is 5.78 Å². The first-order chi connectivity index (χ1) is 6.20. The highest BCUT2D eigenvalue weighted by Crippen LogP contribution is 2.22. The Labute approximate surface area is 77.7 Å². The lowest BCUT2D eigenvalue weighted by molar-refractivity contribution is 0.0971. The second kappa shape index (κ2) is 2.98. The first-order valence-electron chi connectivity index (χ1n) is 4.79. The number of aromatic nitrogens is 2. The van der Waals surface area contributed by atoms with Gasteiger partial charge in [-0.15, -0.1) is 0 Å². The van der Waals surface area contributed by atoms with Crippen molar-refractivity contribution in [3.05, 3.63) is 17.5 Å². The molecule has 1 heterocycles. The molecular weight excluding hydrogens is 164 g/mol. The van der Waals surface area contributed by atoms with Crippen LogP contribution >= 0.6 is 0 Å². The van der Waals surface area contributed by atoms with E-state index in [0.29, 0.717) is 12.5 Å². The van der Waals surface area contributed by atoms with Crippen LogP contribution in [0.3, 0.4) is 0 Å². The third-order valence-electron chi connectivity index (χ3n) is 2.51. The Morgan fingerprint density at radius 3 is 2.92 bits per heavy atom. The Morgan fingerprint density at radius 2 is 2.23 bits per heavy atom. The van der Waals surface area contributed by atoms with Crippen LogP contribution in [-0.2, 0) is 6.42 Å². The van der Waals surface area contributed by atoms with E-state index in [1.165, 1.54) is 0 Å². The molecule has 2 rings (SSSR count). The van der Waals surface area contributed by atoms with Gasteiger partial charge in [-0.05, 0) is 26.7 Å². The van der Waals surface area contributed by atoms with Gasteiger partial charge in [0.15, 0.2) is 5.78 Å². The SMILES string of the molecule is CC(C)n1ncc2c1CCCC2=O. The van der Waals surface area contributed by atoms with Crippen molar-refractivity contribution in [2.45, 2.75) is 39.2 Å². The largest absolute Gasteiger partial charge is 0.294 e. The molecule has 1 aliphatic carbocycles. The number of carbonyl (C=O) groups is 1. The van der Waals surface area contributed by atoms with Gasteiger partial charge in [0.1, 0.15) is 0 Å². The number of hydrogen-bond acceptors (Lipinski definition) is 2. The van der Waals surface area contributed by atoms with Gasteiger partial charge in [-0.1, -0.05) is 0 Å². The topological polar surface area (TPSA) is 34.9 Å². The Bertz CT molecular complexity index is 339. The molecule has 0 aromatic carbocycles. The molecule has 70 valence electrons. The molecule has 0 unspecified atom stereocenters. The maximum atomic E-state index is 11.5. The Kier molecular flexibility index (Phi) is 1.94. The normalized spacial score (nSPS) is 16.4. The quantitative estimate of drug-likeness (QED) is 0.659. The van der Waals surface area contributed by atoms with Crippen LogP contribution in [0.5, 0.6) is 0 Å². The molecule has 0 N–H and O–H groups in total. The van der Waals surface area contributed by atoms with Gasteiger partial charge in [0, 0.05) is 18.2 Å². The summed E-state index contributed by atoms with van der Waals surface area (Å²) in [6, 6.07) is 0.356. The lowest BCUT2D eigenvalue weighted by atomic mass is 9.97. The predicted molar refractivity (Wildman–Crippen MR) is 49.9 cm³/mol. The summed E-state index contributed by atoms with van der Waals surface area (Å²) in [4.78, 5) is 11.5. The van der Waals surface area contributed by atoms with E-state index < -0.39 is 0 Å². The number of fused-ring (bicyclic) bond motifs is 1. The summed E-state index contributed by atoms with van der Waals surface area (Å²) in [6.07, 6.45) is 4.39. The lowest BCUT2D eigenvalue weighted by Gasteiger charge is -2.15. The number of rotatable bonds is 1. The highest BCUT2D eigenvalue weighted by molar-refractivity contribution is 5.97. The molecule has 0 atom stereocenters. The summed E-state index contributed by atoms with van der Waals surface area (Å²) in [5, 5.41) is 4.24. The zero-order chi connectivity index (χ0) is 9.42. The summed E-state index contributed by atoms with van der Waals surface area (Å²) in [7, 11) is 0. The average Bonchev–Trinajstić information content (AvgIpc) is 2.48. The minimum atomic E-state index is 0.258. The zero-order valence-corrected chi connectivity index (χ0v) is 8.08. The first kappa shape index (κ1) is 8.48. The Hall–Kier alpha value is -1.12. The molecule has 0 saturated carbocycles. The third-order valence-corrected chi connectivity index (χ3v) is 2.51. The van der Waals surface area contributed by atoms with E-state index in [1.54, 1.807) is 6.20 Å². The molecule has 0 bridgehead atoms. The monoisotopic (exact) mass is 178 g/mol. The summed E-state index contributed by atoms with van der Waals surface area (Å²) in [5.74, 6) is 0.258. The summed E-state index contributed by atoms with van der Waals surface area (Å²) < 4.78 is 1.96. The Balaban J connectivity index is 2.47. The highest BCUT2D eigenvalue weighted by Gasteiger charge is 2.22. The maximum Gasteiger partial charge on any atom is 0.166 e. The molecule has 0 aliphatic heterocycles. The van der Waals surface area contributed by atoms with Gasteiger partial charge in [-0.2, -0.15) is 5.10 Å². The first-order valence-corrected chi connectivity index (χ1v) is 4.79. The van der Waals surface area contributed by atoms with Crippen LogP contribution in [0.15, 0.2) is 6.20 Å². The van der Waals surface area contributed by atoms with Gasteiger partial charge in [0.05, 0.1) is 11.8 Å². The molecule has 0 saturated heterocycles. The van der Waals surface area contributed by atoms with Crippen LogP contribution in [0, 0.1) is 0 Å². The molecule has 0 fully saturated rings. The van der Waals surface area contributed by atoms with Gasteiger partial charge >= 0.3 is 0 Å². The van der Waals surface area contributed by atoms with Crippen LogP contribution in [0.2, 0.25) is 0 Å². The number of carbonyl (C=O) groups excluding carboxylic acids is 1. The van der Waals surface area contributed by atoms with Crippen molar-refractivity contribution in [3.8, 4) is 0 Å². The van der Waals surface area contributed by atoms with Crippen molar-refractivity contribution in [2.24, 2.45) is 0 Å². The van der Waals surface area contributed by atoms with E-state index in [1.807, 2.05) is 4.68 Å². The lowest BCUT2D eigenvalue weighted by Crippen LogP contribution is -2.14. The highest BCUT2D eigenvalue weighted by atomic mass is 16.1. The number of nitrogens with zero attached hydrogens (tertiary/aromatic N) is 2. The van der Waals surface area contributed by atoms with Crippen LogP contribution in [0.4, 0.5) is 0 Å². The van der Waals surface area contributed by atoms with Crippen LogP contribution < -0.4 is 0 Å². The second-order valence-corrected chi connectivity index (χ2v) is 3.82. The van der Waals surface area contributed by atoms with Crippen molar-refractivity contribution in [3.63, 3.8) is 0 Å². The minimum absolute atomic E-state index is 0.258. The zero-order valence-electron chi connectivity index (χ0n) is 8.08. The Morgan fingerprint density at radius 1 is 1.46 bits per heavy atom. The van der Waals surface area contributed by atoms with E-state index in [4.69, 9.17) is 0 Å². The standard InChI is InChI=1S/C10H14N2O/c1-7(2)12-9-4-3-5-10(13)8(9)6-11-12/h6-7H,3-5H2,1-2H3. The third kappa shape index (κ3) is 1.28. The number of hydrogen-bond donors (Lipinski definition) is 0. The summed E-state index contributed by atoms with van der Waals surface area (Å²) in [6.45, 7) is 4.18. The van der Waals surface area contributed by atoms with Crippen LogP contribution in [-0.4, -0.2) is 15.6 Å². The van der Waals surface area contributed by atoms with Gasteiger partial charge in [0.2, 0.25) is 0 Å². The van der Waals surface area contributed by atoms with Crippen molar-refractivity contribution >= 4 is 5.78 Å². The smallest absolute Gasteiger partial charge is 0.166 e. The fourth-order valence-electron chi connectivity index (χ4n) is 1.87. The van der Waals surface area contributed by atoms with Crippen molar-refractivity contribution < 1.29 is 4.79 Å². The fraction of sp³-hybridized carbons (Fsp3) is 0.600. The molecule has 1 aromatic heterocycles. The fourth-order valence-corrected chi connectivity index (χ4v) is 1.87. The summed E-state index contributed by atoms with van der Waals surface area (Å²) >= 11 is 0. The average molecular weight is 178 g/mol. The van der Waals surface area contributed by atoms with Crippen molar-refractivity contribution in [1.82, 2.24) is 9.78 Å². The predicted octanol–water partition coefficient (Wildman–Crippen LogP) is 1.98. The van der Waals surface area contributed by atoms with Crippen LogP contribution in [0.25, 0.3) is 0 Å². The summed E-state index contributed by atoms with van der Waals surface area (Å²) in [5.41, 5.74) is 1.98. The molecule has 0 amide bonds. The van der Waals surface area contributed by atoms with Crippen molar-refractivity contribution in [1.29, 1.82) is 0 Å². The van der Waals surface area contributed by atoms with Gasteiger partial charge < -0.3 is 0 Å². The molecule has 13 heavy (non-hydrogen) atoms. The molecular formula is C10H14N2O. The van der Waals surface area contributed by atoms with Gasteiger partial charge in [-0.3, -0.25) is 9.48 Å². The molecule has 1 aromatic rings. The minimum Gasteiger partial charge on any atom is -0.294 e. The van der Waals surface area contributed by atoms with E-state index in [0.717, 1.165) is 24.1 Å². The number of ketones is 1.